The first-order chi connectivity index (χ1) is 16.2. The first-order valence-corrected chi connectivity index (χ1v) is 10.6. The zero-order valence-electron chi connectivity index (χ0n) is 18.4. The lowest BCUT2D eigenvalue weighted by Crippen LogP contribution is -2.44. The van der Waals surface area contributed by atoms with Gasteiger partial charge in [0.25, 0.3) is 0 Å². The normalized spacial score (nSPS) is 14.3. The van der Waals surface area contributed by atoms with Crippen molar-refractivity contribution >= 4 is 28.8 Å². The Balaban J connectivity index is 0.000000248. The number of benzene rings is 1. The Hall–Kier alpha value is -3.83. The second-order valence-corrected chi connectivity index (χ2v) is 7.52. The van der Waals surface area contributed by atoms with Gasteiger partial charge in [-0.3, -0.25) is 4.79 Å². The van der Waals surface area contributed by atoms with E-state index in [1.165, 1.54) is 6.20 Å². The van der Waals surface area contributed by atoms with Crippen LogP contribution >= 0.6 is 0 Å². The van der Waals surface area contributed by atoms with E-state index in [2.05, 4.69) is 10.3 Å². The quantitative estimate of drug-likeness (QED) is 0.434. The maximum absolute atomic E-state index is 14.4. The van der Waals surface area contributed by atoms with Gasteiger partial charge in [-0.15, -0.1) is 0 Å². The number of aromatic nitrogens is 2. The molecule has 10 nitrogen and oxygen atoms in total. The van der Waals surface area contributed by atoms with Crippen LogP contribution in [0.1, 0.15) is 28.9 Å². The van der Waals surface area contributed by atoms with Crippen molar-refractivity contribution in [3.63, 3.8) is 0 Å². The summed E-state index contributed by atoms with van der Waals surface area (Å²) >= 11 is 0. The maximum atomic E-state index is 14.4. The lowest BCUT2D eigenvalue weighted by atomic mass is 10.1. The molecular weight excluding hydrogens is 447 g/mol. The van der Waals surface area contributed by atoms with Crippen molar-refractivity contribution in [1.82, 2.24) is 14.9 Å². The van der Waals surface area contributed by atoms with Crippen molar-refractivity contribution in [3.8, 4) is 0 Å². The zero-order chi connectivity index (χ0) is 24.8. The third-order valence-electron chi connectivity index (χ3n) is 5.32. The SMILES string of the molecule is CCn1cc(C(=O)O)c(=O)c2cc(F)c(N3CCNCC3)nc21.O=C(O)C(O)c1ccccc1. The number of aryl methyl sites for hydroxylation is 1. The number of pyridine rings is 2. The van der Waals surface area contributed by atoms with Crippen molar-refractivity contribution in [2.45, 2.75) is 19.6 Å². The molecule has 2 aromatic heterocycles. The second kappa shape index (κ2) is 10.9. The number of aliphatic carboxylic acids is 1. The summed E-state index contributed by atoms with van der Waals surface area (Å²) in [4.78, 5) is 39.8. The molecular formula is C23H25FN4O6. The van der Waals surface area contributed by atoms with Gasteiger partial charge in [0.15, 0.2) is 17.7 Å². The highest BCUT2D eigenvalue weighted by atomic mass is 19.1. The molecule has 180 valence electrons. The van der Waals surface area contributed by atoms with Crippen molar-refractivity contribution in [3.05, 3.63) is 69.8 Å². The van der Waals surface area contributed by atoms with Gasteiger partial charge in [-0.1, -0.05) is 30.3 Å². The molecule has 3 heterocycles. The van der Waals surface area contributed by atoms with E-state index in [4.69, 9.17) is 15.3 Å². The lowest BCUT2D eigenvalue weighted by molar-refractivity contribution is -0.146. The Morgan fingerprint density at radius 3 is 2.38 bits per heavy atom. The van der Waals surface area contributed by atoms with Crippen LogP contribution in [0.4, 0.5) is 10.2 Å². The molecule has 0 amide bonds. The molecule has 0 aliphatic carbocycles. The molecule has 11 heteroatoms. The summed E-state index contributed by atoms with van der Waals surface area (Å²) in [6.07, 6.45) is -0.143. The number of anilines is 1. The number of halogens is 1. The van der Waals surface area contributed by atoms with Crippen LogP contribution in [0.2, 0.25) is 0 Å². The Morgan fingerprint density at radius 2 is 1.82 bits per heavy atom. The van der Waals surface area contributed by atoms with Crippen molar-refractivity contribution in [1.29, 1.82) is 0 Å². The van der Waals surface area contributed by atoms with Crippen LogP contribution in [0.5, 0.6) is 0 Å². The number of aliphatic hydroxyl groups is 1. The van der Waals surface area contributed by atoms with Crippen molar-refractivity contribution < 1.29 is 29.3 Å². The molecule has 1 atom stereocenters. The topological polar surface area (TPSA) is 145 Å². The predicted molar refractivity (Wildman–Crippen MR) is 123 cm³/mol. The minimum absolute atomic E-state index is 0.0110. The molecule has 0 spiro atoms. The number of fused-ring (bicyclic) bond motifs is 1. The average molecular weight is 472 g/mol. The van der Waals surface area contributed by atoms with Gasteiger partial charge in [-0.2, -0.15) is 0 Å². The highest BCUT2D eigenvalue weighted by Gasteiger charge is 2.21. The number of nitrogens with one attached hydrogen (secondary N) is 1. The highest BCUT2D eigenvalue weighted by molar-refractivity contribution is 5.92. The van der Waals surface area contributed by atoms with E-state index in [1.807, 2.05) is 11.8 Å². The number of carboxylic acid groups (broad SMARTS) is 2. The van der Waals surface area contributed by atoms with Crippen LogP contribution in [0.15, 0.2) is 47.4 Å². The number of aromatic carboxylic acids is 1. The van der Waals surface area contributed by atoms with Crippen LogP contribution in [-0.4, -0.2) is 63.0 Å². The predicted octanol–water partition coefficient (Wildman–Crippen LogP) is 1.47. The fourth-order valence-electron chi connectivity index (χ4n) is 3.55. The summed E-state index contributed by atoms with van der Waals surface area (Å²) in [5, 5.41) is 29.7. The molecule has 1 aliphatic heterocycles. The molecule has 1 saturated heterocycles. The number of carbonyl (C=O) groups is 2. The van der Waals surface area contributed by atoms with E-state index in [1.54, 1.807) is 34.9 Å². The van der Waals surface area contributed by atoms with E-state index < -0.39 is 29.3 Å². The molecule has 4 N–H and O–H groups in total. The molecule has 4 rings (SSSR count). The van der Waals surface area contributed by atoms with Gasteiger partial charge >= 0.3 is 11.9 Å². The first kappa shape index (κ1) is 24.8. The van der Waals surface area contributed by atoms with E-state index >= 15 is 0 Å². The molecule has 0 bridgehead atoms. The van der Waals surface area contributed by atoms with Crippen LogP contribution in [-0.2, 0) is 11.3 Å². The Kier molecular flexibility index (Phi) is 7.92. The Labute approximate surface area is 193 Å². The van der Waals surface area contributed by atoms with E-state index in [0.717, 1.165) is 19.2 Å². The fraction of sp³-hybridized carbons (Fsp3) is 0.304. The van der Waals surface area contributed by atoms with Gasteiger partial charge in [-0.05, 0) is 18.6 Å². The van der Waals surface area contributed by atoms with Gasteiger partial charge in [0, 0.05) is 38.9 Å². The zero-order valence-corrected chi connectivity index (χ0v) is 18.4. The number of hydrogen-bond acceptors (Lipinski definition) is 7. The van der Waals surface area contributed by atoms with Gasteiger partial charge in [0.2, 0.25) is 5.43 Å². The molecule has 1 unspecified atom stereocenters. The molecule has 1 fully saturated rings. The van der Waals surface area contributed by atoms with Gasteiger partial charge in [-0.25, -0.2) is 19.0 Å². The minimum atomic E-state index is -1.41. The Bertz CT molecular complexity index is 1240. The monoisotopic (exact) mass is 472 g/mol. The van der Waals surface area contributed by atoms with Gasteiger partial charge in [0.1, 0.15) is 11.2 Å². The van der Waals surface area contributed by atoms with Crippen LogP contribution < -0.4 is 15.6 Å². The largest absolute Gasteiger partial charge is 0.479 e. The average Bonchev–Trinajstić information content (AvgIpc) is 2.85. The van der Waals surface area contributed by atoms with Crippen LogP contribution in [0, 0.1) is 5.82 Å². The number of carboxylic acids is 2. The number of hydrogen-bond donors (Lipinski definition) is 4. The summed E-state index contributed by atoms with van der Waals surface area (Å²) in [6.45, 7) is 4.95. The Morgan fingerprint density at radius 1 is 1.18 bits per heavy atom. The minimum Gasteiger partial charge on any atom is -0.479 e. The molecule has 3 aromatic rings. The second-order valence-electron chi connectivity index (χ2n) is 7.52. The third-order valence-corrected chi connectivity index (χ3v) is 5.32. The van der Waals surface area contributed by atoms with E-state index in [0.29, 0.717) is 30.8 Å². The summed E-state index contributed by atoms with van der Waals surface area (Å²) in [5.41, 5.74) is -0.386. The first-order valence-electron chi connectivity index (χ1n) is 10.6. The molecule has 0 saturated carbocycles. The molecule has 34 heavy (non-hydrogen) atoms. The van der Waals surface area contributed by atoms with Crippen molar-refractivity contribution in [2.24, 2.45) is 0 Å². The van der Waals surface area contributed by atoms with Gasteiger partial charge in [0.05, 0.1) is 5.39 Å². The number of nitrogens with zero attached hydrogens (tertiary/aromatic N) is 3. The maximum Gasteiger partial charge on any atom is 0.341 e. The number of aliphatic hydroxyl groups excluding tert-OH is 1. The molecule has 1 aromatic carbocycles. The van der Waals surface area contributed by atoms with Crippen molar-refractivity contribution in [2.75, 3.05) is 31.1 Å². The van der Waals surface area contributed by atoms with Crippen LogP contribution in [0.3, 0.4) is 0 Å². The summed E-state index contributed by atoms with van der Waals surface area (Å²) < 4.78 is 16.0. The third kappa shape index (κ3) is 5.38. The fourth-order valence-corrected chi connectivity index (χ4v) is 3.55. The summed E-state index contributed by atoms with van der Waals surface area (Å²) in [5.74, 6) is -2.97. The van der Waals surface area contributed by atoms with Gasteiger partial charge < -0.3 is 30.1 Å². The summed E-state index contributed by atoms with van der Waals surface area (Å²) in [6, 6.07) is 9.36. The summed E-state index contributed by atoms with van der Waals surface area (Å²) in [7, 11) is 0. The lowest BCUT2D eigenvalue weighted by Gasteiger charge is -2.29. The van der Waals surface area contributed by atoms with Crippen LogP contribution in [0.25, 0.3) is 11.0 Å². The molecule has 1 aliphatic rings. The number of rotatable bonds is 5. The standard InChI is InChI=1S/C15H17FN4O3.C8H8O3/c1-2-19-8-10(15(22)23)12(21)9-7-11(16)14(18-13(9)19)20-5-3-17-4-6-20;9-7(8(10)11)6-4-2-1-3-5-6/h7-8,17H,2-6H2,1H3,(H,22,23);1-5,7,9H,(H,10,11). The smallest absolute Gasteiger partial charge is 0.341 e. The van der Waals surface area contributed by atoms with E-state index in [-0.39, 0.29) is 16.8 Å². The van der Waals surface area contributed by atoms with E-state index in [9.17, 15) is 18.8 Å². The number of piperazine rings is 1. The highest BCUT2D eigenvalue weighted by Crippen LogP contribution is 2.22. The molecule has 0 radical (unpaired) electrons.